The van der Waals surface area contributed by atoms with Gasteiger partial charge in [-0.3, -0.25) is 0 Å². The summed E-state index contributed by atoms with van der Waals surface area (Å²) in [5.41, 5.74) is 0. The summed E-state index contributed by atoms with van der Waals surface area (Å²) < 4.78 is 27.3. The Morgan fingerprint density at radius 3 is 2.68 bits per heavy atom. The Morgan fingerprint density at radius 2 is 2.11 bits per heavy atom. The molecule has 0 saturated carbocycles. The molecule has 1 aromatic rings. The van der Waals surface area contributed by atoms with E-state index in [0.717, 1.165) is 6.54 Å². The van der Waals surface area contributed by atoms with E-state index >= 15 is 0 Å². The summed E-state index contributed by atoms with van der Waals surface area (Å²) in [5, 5.41) is 8.12. The third-order valence-electron chi connectivity index (χ3n) is 3.27. The van der Waals surface area contributed by atoms with E-state index in [9.17, 15) is 8.42 Å². The molecular weight excluding hydrogens is 266 g/mol. The van der Waals surface area contributed by atoms with Crippen molar-refractivity contribution in [2.75, 3.05) is 19.6 Å². The molecular formula is C12H21N3O3S. The number of likely N-dealkylation sites (tertiary alicyclic amines) is 1. The Kier molecular flexibility index (Phi) is 4.62. The summed E-state index contributed by atoms with van der Waals surface area (Å²) in [6.07, 6.45) is 2.56. The molecule has 0 bridgehead atoms. The fraction of sp³-hybridized carbons (Fsp3) is 0.667. The standard InChI is InChI=1S/C12H21N3O3S/c1-10(9-15-6-2-3-7-15)14-8-11-4-5-12(18-11)19(13,16)17/h4-5,10,14H,2-3,6-9H2,1H3,(H2,13,16,17). The zero-order valence-corrected chi connectivity index (χ0v) is 11.9. The Morgan fingerprint density at radius 1 is 1.42 bits per heavy atom. The molecule has 7 heteroatoms. The van der Waals surface area contributed by atoms with Gasteiger partial charge in [-0.1, -0.05) is 0 Å². The lowest BCUT2D eigenvalue weighted by atomic mass is 10.3. The van der Waals surface area contributed by atoms with E-state index in [2.05, 4.69) is 17.1 Å². The highest BCUT2D eigenvalue weighted by molar-refractivity contribution is 7.89. The number of nitrogens with two attached hydrogens (primary N) is 1. The lowest BCUT2D eigenvalue weighted by Gasteiger charge is -2.20. The van der Waals surface area contributed by atoms with Gasteiger partial charge < -0.3 is 14.6 Å². The fourth-order valence-corrected chi connectivity index (χ4v) is 2.78. The molecule has 0 aromatic carbocycles. The Hall–Kier alpha value is -0.890. The van der Waals surface area contributed by atoms with Crippen molar-refractivity contribution in [1.82, 2.24) is 10.2 Å². The van der Waals surface area contributed by atoms with Crippen molar-refractivity contribution < 1.29 is 12.8 Å². The molecule has 0 aliphatic carbocycles. The van der Waals surface area contributed by atoms with E-state index in [-0.39, 0.29) is 5.09 Å². The Labute approximate surface area is 114 Å². The highest BCUT2D eigenvalue weighted by Crippen LogP contribution is 2.12. The maximum atomic E-state index is 11.1. The molecule has 1 atom stereocenters. The summed E-state index contributed by atoms with van der Waals surface area (Å²) in [4.78, 5) is 2.43. The van der Waals surface area contributed by atoms with Crippen molar-refractivity contribution in [3.05, 3.63) is 17.9 Å². The molecule has 2 rings (SSSR count). The van der Waals surface area contributed by atoms with E-state index in [1.54, 1.807) is 6.07 Å². The number of sulfonamides is 1. The Bertz CT molecular complexity index is 506. The zero-order valence-electron chi connectivity index (χ0n) is 11.1. The second-order valence-corrected chi connectivity index (χ2v) is 6.55. The smallest absolute Gasteiger partial charge is 0.271 e. The predicted molar refractivity (Wildman–Crippen MR) is 72.1 cm³/mol. The van der Waals surface area contributed by atoms with E-state index in [1.807, 2.05) is 0 Å². The van der Waals surface area contributed by atoms with Crippen LogP contribution in [0.3, 0.4) is 0 Å². The highest BCUT2D eigenvalue weighted by atomic mass is 32.2. The lowest BCUT2D eigenvalue weighted by molar-refractivity contribution is 0.292. The van der Waals surface area contributed by atoms with E-state index in [1.165, 1.54) is 32.0 Å². The van der Waals surface area contributed by atoms with Crippen LogP contribution in [0, 0.1) is 0 Å². The summed E-state index contributed by atoms with van der Waals surface area (Å²) in [5.74, 6) is 0.581. The third-order valence-corrected chi connectivity index (χ3v) is 4.05. The van der Waals surface area contributed by atoms with Crippen LogP contribution in [0.4, 0.5) is 0 Å². The molecule has 1 aromatic heterocycles. The molecule has 0 amide bonds. The molecule has 2 heterocycles. The van der Waals surface area contributed by atoms with Crippen LogP contribution in [0.2, 0.25) is 0 Å². The van der Waals surface area contributed by atoms with Gasteiger partial charge in [0.1, 0.15) is 5.76 Å². The van der Waals surface area contributed by atoms with Crippen LogP contribution in [-0.4, -0.2) is 39.0 Å². The average molecular weight is 287 g/mol. The SMILES string of the molecule is CC(CN1CCCC1)NCc1ccc(S(N)(=O)=O)o1. The van der Waals surface area contributed by atoms with E-state index < -0.39 is 10.0 Å². The van der Waals surface area contributed by atoms with Crippen LogP contribution in [0.15, 0.2) is 21.6 Å². The van der Waals surface area contributed by atoms with Gasteiger partial charge in [0.25, 0.3) is 10.0 Å². The third kappa shape index (κ3) is 4.31. The van der Waals surface area contributed by atoms with Crippen molar-refractivity contribution in [2.24, 2.45) is 5.14 Å². The van der Waals surface area contributed by atoms with Crippen molar-refractivity contribution in [3.8, 4) is 0 Å². The number of furan rings is 1. The molecule has 1 aliphatic rings. The van der Waals surface area contributed by atoms with Gasteiger partial charge in [0.2, 0.25) is 5.09 Å². The number of nitrogens with zero attached hydrogens (tertiary/aromatic N) is 1. The molecule has 1 fully saturated rings. The summed E-state index contributed by atoms with van der Waals surface area (Å²) >= 11 is 0. The minimum absolute atomic E-state index is 0.184. The number of nitrogens with one attached hydrogen (secondary N) is 1. The molecule has 1 unspecified atom stereocenters. The van der Waals surface area contributed by atoms with Crippen molar-refractivity contribution >= 4 is 10.0 Å². The van der Waals surface area contributed by atoms with Crippen molar-refractivity contribution in [2.45, 2.75) is 37.4 Å². The minimum atomic E-state index is -3.74. The number of hydrogen-bond acceptors (Lipinski definition) is 5. The predicted octanol–water partition coefficient (Wildman–Crippen LogP) is 0.501. The number of hydrogen-bond donors (Lipinski definition) is 2. The summed E-state index contributed by atoms with van der Waals surface area (Å²) in [6, 6.07) is 3.36. The van der Waals surface area contributed by atoms with Gasteiger partial charge in [-0.05, 0) is 45.0 Å². The maximum Gasteiger partial charge on any atom is 0.271 e. The first-order chi connectivity index (χ1) is 8.95. The molecule has 3 N–H and O–H groups in total. The zero-order chi connectivity index (χ0) is 13.9. The van der Waals surface area contributed by atoms with Gasteiger partial charge in [0.15, 0.2) is 0 Å². The topological polar surface area (TPSA) is 88.6 Å². The van der Waals surface area contributed by atoms with Gasteiger partial charge in [-0.25, -0.2) is 13.6 Å². The van der Waals surface area contributed by atoms with Crippen LogP contribution >= 0.6 is 0 Å². The average Bonchev–Trinajstić information content (AvgIpc) is 2.95. The van der Waals surface area contributed by atoms with Crippen LogP contribution in [-0.2, 0) is 16.6 Å². The van der Waals surface area contributed by atoms with Gasteiger partial charge in [0.05, 0.1) is 6.54 Å². The minimum Gasteiger partial charge on any atom is -0.447 e. The van der Waals surface area contributed by atoms with Crippen LogP contribution < -0.4 is 10.5 Å². The summed E-state index contributed by atoms with van der Waals surface area (Å²) in [6.45, 7) is 5.96. The fourth-order valence-electron chi connectivity index (χ4n) is 2.30. The molecule has 0 spiro atoms. The summed E-state index contributed by atoms with van der Waals surface area (Å²) in [7, 11) is -3.74. The molecule has 108 valence electrons. The first-order valence-corrected chi connectivity index (χ1v) is 8.07. The lowest BCUT2D eigenvalue weighted by Crippen LogP contribution is -2.37. The van der Waals surface area contributed by atoms with Crippen LogP contribution in [0.1, 0.15) is 25.5 Å². The van der Waals surface area contributed by atoms with Crippen LogP contribution in [0.5, 0.6) is 0 Å². The Balaban J connectivity index is 1.79. The van der Waals surface area contributed by atoms with Gasteiger partial charge in [-0.2, -0.15) is 0 Å². The molecule has 1 saturated heterocycles. The van der Waals surface area contributed by atoms with Gasteiger partial charge >= 0.3 is 0 Å². The molecule has 19 heavy (non-hydrogen) atoms. The van der Waals surface area contributed by atoms with Gasteiger partial charge in [0, 0.05) is 12.6 Å². The monoisotopic (exact) mass is 287 g/mol. The van der Waals surface area contributed by atoms with Crippen molar-refractivity contribution in [1.29, 1.82) is 0 Å². The molecule has 0 radical (unpaired) electrons. The first-order valence-electron chi connectivity index (χ1n) is 6.52. The largest absolute Gasteiger partial charge is 0.447 e. The first kappa shape index (κ1) is 14.5. The van der Waals surface area contributed by atoms with Crippen LogP contribution in [0.25, 0.3) is 0 Å². The number of rotatable bonds is 6. The van der Waals surface area contributed by atoms with E-state index in [0.29, 0.717) is 18.3 Å². The second kappa shape index (κ2) is 6.04. The quantitative estimate of drug-likeness (QED) is 0.795. The second-order valence-electron chi connectivity index (χ2n) is 5.06. The van der Waals surface area contributed by atoms with E-state index in [4.69, 9.17) is 9.56 Å². The van der Waals surface area contributed by atoms with Gasteiger partial charge in [-0.15, -0.1) is 0 Å². The number of primary sulfonamides is 1. The highest BCUT2D eigenvalue weighted by Gasteiger charge is 2.16. The normalized spacial score (nSPS) is 18.8. The van der Waals surface area contributed by atoms with Crippen molar-refractivity contribution in [3.63, 3.8) is 0 Å². The molecule has 1 aliphatic heterocycles. The molecule has 6 nitrogen and oxygen atoms in total. The maximum absolute atomic E-state index is 11.1.